The Labute approximate surface area is 472 Å². The van der Waals surface area contributed by atoms with Gasteiger partial charge < -0.3 is 14.2 Å². The summed E-state index contributed by atoms with van der Waals surface area (Å²) < 4.78 is 16.7. The second-order valence-electron chi connectivity index (χ2n) is 22.0. The molecular weight excluding hydrogens is 937 g/mol. The molecule has 0 bridgehead atoms. The summed E-state index contributed by atoms with van der Waals surface area (Å²) in [4.78, 5) is 37.8. The first-order valence-electron chi connectivity index (χ1n) is 32.9. The maximum atomic E-state index is 12.8. The van der Waals surface area contributed by atoms with Crippen molar-refractivity contribution in [1.82, 2.24) is 0 Å². The topological polar surface area (TPSA) is 78.9 Å². The molecule has 0 aromatic heterocycles. The standard InChI is InChI=1S/C70H124O6/c1-4-7-10-13-15-17-19-21-23-25-27-28-29-30-31-32-33-34-35-36-37-38-39-40-41-43-44-46-48-50-52-54-57-60-63-69(72)75-66-67(65-74-68(71)62-59-56-12-9-6-3)76-70(73)64-61-58-55-53-51-49-47-45-42-26-24-22-20-18-16-14-11-8-5-2/h8,11,16,18,22,24,42,45,49,51,55,58,67H,4-7,9-10,12-15,17,19-21,23,25-41,43-44,46-48,50,52-54,56-57,59-66H2,1-3H3/b11-8-,18-16-,24-22-,45-42-,51-49-,58-55-. The number of carbonyl (C=O) groups is 3. The van der Waals surface area contributed by atoms with Gasteiger partial charge in [-0.05, 0) is 57.8 Å². The molecule has 0 aliphatic heterocycles. The Morgan fingerprint density at radius 3 is 0.776 bits per heavy atom. The zero-order valence-electron chi connectivity index (χ0n) is 50.5. The maximum absolute atomic E-state index is 12.8. The van der Waals surface area contributed by atoms with Crippen molar-refractivity contribution < 1.29 is 28.6 Å². The molecule has 0 heterocycles. The van der Waals surface area contributed by atoms with E-state index in [9.17, 15) is 14.4 Å². The fourth-order valence-corrected chi connectivity index (χ4v) is 9.59. The molecule has 0 aliphatic carbocycles. The van der Waals surface area contributed by atoms with Crippen molar-refractivity contribution in [2.24, 2.45) is 0 Å². The SMILES string of the molecule is CC/C=C\C/C=C\C/C=C\C/C=C\C/C=C\C/C=C\CCC(=O)OC(COC(=O)CCCCCCC)COC(=O)CCCCCCCCCCCCCCCCCCCCCCCCCCCCCCCCCCCC. The minimum atomic E-state index is -0.811. The molecule has 1 unspecified atom stereocenters. The van der Waals surface area contributed by atoms with Crippen molar-refractivity contribution >= 4 is 17.9 Å². The van der Waals surface area contributed by atoms with E-state index in [0.717, 1.165) is 89.9 Å². The van der Waals surface area contributed by atoms with Crippen LogP contribution in [-0.2, 0) is 28.6 Å². The Bertz CT molecular complexity index is 1400. The molecule has 0 saturated heterocycles. The summed E-state index contributed by atoms with van der Waals surface area (Å²) >= 11 is 0. The van der Waals surface area contributed by atoms with Gasteiger partial charge in [0.15, 0.2) is 6.10 Å². The molecule has 0 spiro atoms. The number of hydrogen-bond donors (Lipinski definition) is 0. The van der Waals surface area contributed by atoms with Crippen LogP contribution in [-0.4, -0.2) is 37.2 Å². The van der Waals surface area contributed by atoms with E-state index in [-0.39, 0.29) is 31.6 Å². The van der Waals surface area contributed by atoms with Crippen LogP contribution in [0, 0.1) is 0 Å². The van der Waals surface area contributed by atoms with Gasteiger partial charge in [-0.2, -0.15) is 0 Å². The third-order valence-corrected chi connectivity index (χ3v) is 14.5. The average molecular weight is 1060 g/mol. The van der Waals surface area contributed by atoms with E-state index < -0.39 is 12.1 Å². The largest absolute Gasteiger partial charge is 0.462 e. The average Bonchev–Trinajstić information content (AvgIpc) is 3.42. The van der Waals surface area contributed by atoms with Crippen LogP contribution in [0.4, 0.5) is 0 Å². The molecule has 76 heavy (non-hydrogen) atoms. The van der Waals surface area contributed by atoms with Crippen LogP contribution in [0.1, 0.15) is 335 Å². The van der Waals surface area contributed by atoms with Crippen molar-refractivity contribution in [3.63, 3.8) is 0 Å². The van der Waals surface area contributed by atoms with Gasteiger partial charge in [0.2, 0.25) is 0 Å². The highest BCUT2D eigenvalue weighted by Crippen LogP contribution is 2.18. The van der Waals surface area contributed by atoms with Gasteiger partial charge in [0, 0.05) is 19.3 Å². The van der Waals surface area contributed by atoms with Crippen LogP contribution in [0.3, 0.4) is 0 Å². The summed E-state index contributed by atoms with van der Waals surface area (Å²) in [5, 5.41) is 0. The molecule has 0 rings (SSSR count). The third-order valence-electron chi connectivity index (χ3n) is 14.5. The molecule has 1 atom stereocenters. The van der Waals surface area contributed by atoms with Gasteiger partial charge in [-0.15, -0.1) is 0 Å². The molecular formula is C70H124O6. The number of rotatable bonds is 60. The van der Waals surface area contributed by atoms with Gasteiger partial charge in [0.05, 0.1) is 0 Å². The van der Waals surface area contributed by atoms with E-state index in [1.165, 1.54) is 199 Å². The first-order valence-corrected chi connectivity index (χ1v) is 32.9. The monoisotopic (exact) mass is 1060 g/mol. The van der Waals surface area contributed by atoms with Crippen molar-refractivity contribution in [1.29, 1.82) is 0 Å². The molecule has 0 fully saturated rings. The Morgan fingerprint density at radius 2 is 0.513 bits per heavy atom. The van der Waals surface area contributed by atoms with Gasteiger partial charge in [0.25, 0.3) is 0 Å². The van der Waals surface area contributed by atoms with E-state index in [0.29, 0.717) is 19.3 Å². The molecule has 0 aliphatic rings. The number of allylic oxidation sites excluding steroid dienone is 12. The van der Waals surface area contributed by atoms with Gasteiger partial charge in [-0.1, -0.05) is 331 Å². The highest BCUT2D eigenvalue weighted by Gasteiger charge is 2.19. The van der Waals surface area contributed by atoms with Gasteiger partial charge >= 0.3 is 17.9 Å². The van der Waals surface area contributed by atoms with E-state index in [4.69, 9.17) is 14.2 Å². The smallest absolute Gasteiger partial charge is 0.306 e. The molecule has 0 N–H and O–H groups in total. The van der Waals surface area contributed by atoms with Crippen molar-refractivity contribution in [3.8, 4) is 0 Å². The lowest BCUT2D eigenvalue weighted by atomic mass is 10.0. The maximum Gasteiger partial charge on any atom is 0.306 e. The fraction of sp³-hybridized carbons (Fsp3) is 0.786. The predicted molar refractivity (Wildman–Crippen MR) is 330 cm³/mol. The Hall–Kier alpha value is -3.15. The normalized spacial score (nSPS) is 12.5. The quantitative estimate of drug-likeness (QED) is 0.0261. The first kappa shape index (κ1) is 72.8. The van der Waals surface area contributed by atoms with Crippen molar-refractivity contribution in [2.45, 2.75) is 341 Å². The lowest BCUT2D eigenvalue weighted by molar-refractivity contribution is -0.166. The van der Waals surface area contributed by atoms with E-state index in [1.807, 2.05) is 6.08 Å². The summed E-state index contributed by atoms with van der Waals surface area (Å²) in [6, 6.07) is 0. The third kappa shape index (κ3) is 61.7. The minimum Gasteiger partial charge on any atom is -0.462 e. The lowest BCUT2D eigenvalue weighted by Gasteiger charge is -2.18. The zero-order valence-corrected chi connectivity index (χ0v) is 50.5. The van der Waals surface area contributed by atoms with Crippen LogP contribution < -0.4 is 0 Å². The summed E-state index contributed by atoms with van der Waals surface area (Å²) in [6.07, 6.45) is 84.4. The van der Waals surface area contributed by atoms with E-state index in [2.05, 4.69) is 87.6 Å². The second-order valence-corrected chi connectivity index (χ2v) is 22.0. The van der Waals surface area contributed by atoms with Crippen LogP contribution in [0.2, 0.25) is 0 Å². The number of esters is 3. The zero-order chi connectivity index (χ0) is 55.0. The summed E-state index contributed by atoms with van der Waals surface area (Å²) in [5.41, 5.74) is 0. The van der Waals surface area contributed by atoms with E-state index in [1.54, 1.807) is 0 Å². The Kier molecular flexibility index (Phi) is 61.7. The number of hydrogen-bond acceptors (Lipinski definition) is 6. The van der Waals surface area contributed by atoms with E-state index >= 15 is 0 Å². The summed E-state index contributed by atoms with van der Waals surface area (Å²) in [5.74, 6) is -0.992. The van der Waals surface area contributed by atoms with Crippen LogP contribution >= 0.6 is 0 Å². The van der Waals surface area contributed by atoms with Crippen molar-refractivity contribution in [2.75, 3.05) is 13.2 Å². The summed E-state index contributed by atoms with van der Waals surface area (Å²) in [7, 11) is 0. The van der Waals surface area contributed by atoms with Gasteiger partial charge in [-0.3, -0.25) is 14.4 Å². The molecule has 6 nitrogen and oxygen atoms in total. The summed E-state index contributed by atoms with van der Waals surface area (Å²) in [6.45, 7) is 6.41. The number of carbonyl (C=O) groups excluding carboxylic acids is 3. The van der Waals surface area contributed by atoms with Crippen LogP contribution in [0.5, 0.6) is 0 Å². The van der Waals surface area contributed by atoms with Gasteiger partial charge in [-0.25, -0.2) is 0 Å². The van der Waals surface area contributed by atoms with Gasteiger partial charge in [0.1, 0.15) is 13.2 Å². The molecule has 0 aromatic carbocycles. The molecule has 0 saturated carbocycles. The molecule has 0 radical (unpaired) electrons. The van der Waals surface area contributed by atoms with Crippen LogP contribution in [0.25, 0.3) is 0 Å². The lowest BCUT2D eigenvalue weighted by Crippen LogP contribution is -2.30. The molecule has 6 heteroatoms. The molecule has 0 aromatic rings. The Morgan fingerprint density at radius 1 is 0.276 bits per heavy atom. The molecule has 0 amide bonds. The fourth-order valence-electron chi connectivity index (χ4n) is 9.59. The predicted octanol–water partition coefficient (Wildman–Crippen LogP) is 22.5. The first-order chi connectivity index (χ1) is 37.5. The molecule has 440 valence electrons. The highest BCUT2D eigenvalue weighted by molar-refractivity contribution is 5.71. The second kappa shape index (κ2) is 64.4. The minimum absolute atomic E-state index is 0.103. The number of ether oxygens (including phenoxy) is 3. The van der Waals surface area contributed by atoms with Crippen LogP contribution in [0.15, 0.2) is 72.9 Å². The Balaban J connectivity index is 3.95. The number of unbranched alkanes of at least 4 members (excludes halogenated alkanes) is 37. The van der Waals surface area contributed by atoms with Crippen molar-refractivity contribution in [3.05, 3.63) is 72.9 Å². The highest BCUT2D eigenvalue weighted by atomic mass is 16.6.